The van der Waals surface area contributed by atoms with E-state index in [0.29, 0.717) is 11.8 Å². The molecule has 0 bridgehead atoms. The summed E-state index contributed by atoms with van der Waals surface area (Å²) in [6.45, 7) is 3.04. The third kappa shape index (κ3) is 4.87. The highest BCUT2D eigenvalue weighted by Crippen LogP contribution is 2.35. The van der Waals surface area contributed by atoms with E-state index in [-0.39, 0.29) is 29.8 Å². The molecule has 2 amide bonds. The van der Waals surface area contributed by atoms with E-state index >= 15 is 0 Å². The summed E-state index contributed by atoms with van der Waals surface area (Å²) in [4.78, 5) is 48.1. The van der Waals surface area contributed by atoms with Crippen LogP contribution in [0.15, 0.2) is 18.2 Å². The lowest BCUT2D eigenvalue weighted by atomic mass is 9.78. The van der Waals surface area contributed by atoms with Crippen molar-refractivity contribution in [3.05, 3.63) is 28.3 Å². The van der Waals surface area contributed by atoms with Gasteiger partial charge in [-0.05, 0) is 24.3 Å². The Labute approximate surface area is 173 Å². The molecule has 10 heteroatoms. The highest BCUT2D eigenvalue weighted by atomic mass is 16.6. The molecule has 1 aliphatic carbocycles. The lowest BCUT2D eigenvalue weighted by molar-refractivity contribution is -0.384. The summed E-state index contributed by atoms with van der Waals surface area (Å²) in [5.41, 5.74) is -0.118. The standard InChI is InChI=1S/C20H25N3O7/c1-12-4-3-5-15(13(12)2)21-18(24)10-30-20(26)9-22-16-8-14(23(27)28)6-7-17(16)29-11-19(22)25/h6-8,12-13,15H,3-5,9-11H2,1-2H3,(H,21,24)/t12-,13-,15-/m1/s1. The number of hydrogen-bond acceptors (Lipinski definition) is 7. The Bertz CT molecular complexity index is 857. The zero-order valence-corrected chi connectivity index (χ0v) is 17.0. The Morgan fingerprint density at radius 1 is 1.33 bits per heavy atom. The molecule has 0 radical (unpaired) electrons. The van der Waals surface area contributed by atoms with Crippen LogP contribution in [0.1, 0.15) is 33.1 Å². The number of fused-ring (bicyclic) bond motifs is 1. The number of nitro benzene ring substituents is 1. The van der Waals surface area contributed by atoms with Crippen molar-refractivity contribution >= 4 is 29.2 Å². The summed E-state index contributed by atoms with van der Waals surface area (Å²) in [5, 5.41) is 13.9. The predicted molar refractivity (Wildman–Crippen MR) is 106 cm³/mol. The van der Waals surface area contributed by atoms with E-state index in [9.17, 15) is 24.5 Å². The monoisotopic (exact) mass is 419 g/mol. The van der Waals surface area contributed by atoms with Gasteiger partial charge < -0.3 is 14.8 Å². The number of rotatable bonds is 6. The van der Waals surface area contributed by atoms with Crippen molar-refractivity contribution in [1.29, 1.82) is 0 Å². The van der Waals surface area contributed by atoms with E-state index in [0.717, 1.165) is 30.2 Å². The highest BCUT2D eigenvalue weighted by molar-refractivity contribution is 6.01. The second kappa shape index (κ2) is 9.10. The third-order valence-electron chi connectivity index (χ3n) is 5.80. The van der Waals surface area contributed by atoms with E-state index in [1.807, 2.05) is 0 Å². The fourth-order valence-electron chi connectivity index (χ4n) is 3.83. The van der Waals surface area contributed by atoms with Gasteiger partial charge in [-0.2, -0.15) is 0 Å². The number of hydrogen-bond donors (Lipinski definition) is 1. The highest BCUT2D eigenvalue weighted by Gasteiger charge is 2.31. The van der Waals surface area contributed by atoms with Crippen molar-refractivity contribution in [2.45, 2.75) is 39.2 Å². The minimum absolute atomic E-state index is 0.0493. The average Bonchev–Trinajstić information content (AvgIpc) is 2.71. The van der Waals surface area contributed by atoms with Crippen LogP contribution in [-0.2, 0) is 19.1 Å². The number of ether oxygens (including phenoxy) is 2. The largest absolute Gasteiger partial charge is 0.482 e. The Hall–Kier alpha value is -3.17. The molecule has 0 spiro atoms. The van der Waals surface area contributed by atoms with Crippen LogP contribution >= 0.6 is 0 Å². The molecule has 1 fully saturated rings. The summed E-state index contributed by atoms with van der Waals surface area (Å²) < 4.78 is 10.3. The molecule has 3 rings (SSSR count). The lowest BCUT2D eigenvalue weighted by Gasteiger charge is -2.34. The molecule has 1 saturated carbocycles. The number of nitro groups is 1. The molecule has 2 aliphatic rings. The second-order valence-electron chi connectivity index (χ2n) is 7.78. The molecule has 1 aromatic rings. The Kier molecular flexibility index (Phi) is 6.53. The predicted octanol–water partition coefficient (Wildman–Crippen LogP) is 1.80. The number of nitrogens with one attached hydrogen (secondary N) is 1. The zero-order chi connectivity index (χ0) is 21.8. The molecular weight excluding hydrogens is 394 g/mol. The summed E-state index contributed by atoms with van der Waals surface area (Å²) in [5.74, 6) is -0.596. The Morgan fingerprint density at radius 2 is 2.10 bits per heavy atom. The number of esters is 1. The van der Waals surface area contributed by atoms with Gasteiger partial charge in [-0.1, -0.05) is 26.7 Å². The van der Waals surface area contributed by atoms with Crippen LogP contribution < -0.4 is 15.0 Å². The minimum Gasteiger partial charge on any atom is -0.482 e. The van der Waals surface area contributed by atoms with Gasteiger partial charge in [0.05, 0.1) is 10.6 Å². The van der Waals surface area contributed by atoms with Crippen LogP contribution in [0.5, 0.6) is 5.75 Å². The number of carbonyl (C=O) groups is 3. The van der Waals surface area contributed by atoms with Crippen molar-refractivity contribution in [1.82, 2.24) is 5.32 Å². The molecule has 3 atom stereocenters. The van der Waals surface area contributed by atoms with Gasteiger partial charge in [0, 0.05) is 18.2 Å². The molecule has 162 valence electrons. The van der Waals surface area contributed by atoms with Crippen molar-refractivity contribution in [2.24, 2.45) is 11.8 Å². The van der Waals surface area contributed by atoms with Crippen LogP contribution in [0.4, 0.5) is 11.4 Å². The topological polar surface area (TPSA) is 128 Å². The molecule has 1 heterocycles. The van der Waals surface area contributed by atoms with Crippen LogP contribution in [-0.4, -0.2) is 48.5 Å². The molecule has 0 saturated heterocycles. The summed E-state index contributed by atoms with van der Waals surface area (Å²) in [7, 11) is 0. The molecule has 0 unspecified atom stereocenters. The quantitative estimate of drug-likeness (QED) is 0.423. The van der Waals surface area contributed by atoms with Gasteiger partial charge in [0.25, 0.3) is 17.5 Å². The van der Waals surface area contributed by atoms with Crippen LogP contribution in [0.2, 0.25) is 0 Å². The van der Waals surface area contributed by atoms with Crippen molar-refractivity contribution < 1.29 is 28.8 Å². The molecule has 1 aliphatic heterocycles. The van der Waals surface area contributed by atoms with E-state index in [2.05, 4.69) is 19.2 Å². The van der Waals surface area contributed by atoms with E-state index in [1.54, 1.807) is 0 Å². The van der Waals surface area contributed by atoms with E-state index < -0.39 is 35.9 Å². The van der Waals surface area contributed by atoms with Crippen molar-refractivity contribution in [3.8, 4) is 5.75 Å². The Morgan fingerprint density at radius 3 is 2.83 bits per heavy atom. The normalized spacial score (nSPS) is 23.2. The zero-order valence-electron chi connectivity index (χ0n) is 17.0. The molecule has 0 aromatic heterocycles. The second-order valence-corrected chi connectivity index (χ2v) is 7.78. The molecule has 10 nitrogen and oxygen atoms in total. The number of non-ortho nitro benzene ring substituents is 1. The minimum atomic E-state index is -0.789. The van der Waals surface area contributed by atoms with Gasteiger partial charge >= 0.3 is 5.97 Å². The first-order chi connectivity index (χ1) is 14.3. The first kappa shape index (κ1) is 21.5. The maximum atomic E-state index is 12.2. The van der Waals surface area contributed by atoms with E-state index in [1.165, 1.54) is 12.1 Å². The summed E-state index contributed by atoms with van der Waals surface area (Å²) in [6.07, 6.45) is 3.07. The molecule has 30 heavy (non-hydrogen) atoms. The number of carbonyl (C=O) groups excluding carboxylic acids is 3. The first-order valence-electron chi connectivity index (χ1n) is 9.93. The fourth-order valence-corrected chi connectivity index (χ4v) is 3.83. The summed E-state index contributed by atoms with van der Waals surface area (Å²) in [6, 6.07) is 3.84. The molecule has 1 aromatic carbocycles. The lowest BCUT2D eigenvalue weighted by Crippen LogP contribution is -2.46. The van der Waals surface area contributed by atoms with Gasteiger partial charge in [-0.15, -0.1) is 0 Å². The van der Waals surface area contributed by atoms with Crippen LogP contribution in [0.25, 0.3) is 0 Å². The SMILES string of the molecule is C[C@@H]1[C@H](C)CCC[C@H]1NC(=O)COC(=O)CN1C(=O)COc2ccc([N+](=O)[O-])cc21. The van der Waals surface area contributed by atoms with Crippen molar-refractivity contribution in [2.75, 3.05) is 24.7 Å². The average molecular weight is 419 g/mol. The van der Waals surface area contributed by atoms with Gasteiger partial charge in [0.2, 0.25) is 0 Å². The number of benzene rings is 1. The van der Waals surface area contributed by atoms with Gasteiger partial charge in [0.1, 0.15) is 12.3 Å². The molecule has 1 N–H and O–H groups in total. The van der Waals surface area contributed by atoms with E-state index in [4.69, 9.17) is 9.47 Å². The molecular formula is C20H25N3O7. The van der Waals surface area contributed by atoms with Crippen LogP contribution in [0.3, 0.4) is 0 Å². The Balaban J connectivity index is 1.57. The number of anilines is 1. The van der Waals surface area contributed by atoms with Gasteiger partial charge in [-0.25, -0.2) is 0 Å². The maximum Gasteiger partial charge on any atom is 0.326 e. The number of amides is 2. The fraction of sp³-hybridized carbons (Fsp3) is 0.550. The summed E-state index contributed by atoms with van der Waals surface area (Å²) >= 11 is 0. The van der Waals surface area contributed by atoms with Crippen LogP contribution in [0, 0.1) is 22.0 Å². The third-order valence-corrected chi connectivity index (χ3v) is 5.80. The van der Waals surface area contributed by atoms with Gasteiger partial charge in [0.15, 0.2) is 13.2 Å². The van der Waals surface area contributed by atoms with Crippen molar-refractivity contribution in [3.63, 3.8) is 0 Å². The van der Waals surface area contributed by atoms with Gasteiger partial charge in [-0.3, -0.25) is 29.4 Å². The number of nitrogens with zero attached hydrogens (tertiary/aromatic N) is 2. The maximum absolute atomic E-state index is 12.2. The first-order valence-corrected chi connectivity index (χ1v) is 9.93. The smallest absolute Gasteiger partial charge is 0.326 e.